The van der Waals surface area contributed by atoms with Gasteiger partial charge in [-0.2, -0.15) is 0 Å². The molecule has 0 saturated carbocycles. The maximum absolute atomic E-state index is 10.3. The molecule has 0 aromatic heterocycles. The van der Waals surface area contributed by atoms with Crippen LogP contribution < -0.4 is 4.74 Å². The van der Waals surface area contributed by atoms with Gasteiger partial charge in [-0.25, -0.2) is 0 Å². The van der Waals surface area contributed by atoms with Crippen LogP contribution in [-0.4, -0.2) is 51.0 Å². The van der Waals surface area contributed by atoms with E-state index in [-0.39, 0.29) is 23.0 Å². The van der Waals surface area contributed by atoms with Gasteiger partial charge in [0.15, 0.2) is 11.5 Å². The van der Waals surface area contributed by atoms with Gasteiger partial charge >= 0.3 is 0 Å². The highest BCUT2D eigenvalue weighted by atomic mass is 16.5. The molecule has 5 N–H and O–H groups in total. The SMILES string of the molecule is COc1cc(C2OC3C=C(O)C=C(O)C3C(O)C2O)ccc1O. The zero-order chi connectivity index (χ0) is 16.7. The average molecular weight is 322 g/mol. The molecule has 7 heteroatoms. The molecule has 1 fully saturated rings. The fraction of sp³-hybridized carbons (Fsp3) is 0.375. The van der Waals surface area contributed by atoms with Crippen LogP contribution in [0.2, 0.25) is 0 Å². The van der Waals surface area contributed by atoms with Crippen molar-refractivity contribution in [2.24, 2.45) is 5.92 Å². The van der Waals surface area contributed by atoms with Crippen molar-refractivity contribution in [2.45, 2.75) is 24.4 Å². The summed E-state index contributed by atoms with van der Waals surface area (Å²) in [6.45, 7) is 0. The zero-order valence-electron chi connectivity index (χ0n) is 12.3. The van der Waals surface area contributed by atoms with Crippen molar-refractivity contribution >= 4 is 0 Å². The van der Waals surface area contributed by atoms with Gasteiger partial charge in [0, 0.05) is 6.08 Å². The van der Waals surface area contributed by atoms with Crippen molar-refractivity contribution in [1.82, 2.24) is 0 Å². The van der Waals surface area contributed by atoms with Gasteiger partial charge in [-0.15, -0.1) is 0 Å². The van der Waals surface area contributed by atoms with E-state index in [2.05, 4.69) is 0 Å². The number of hydrogen-bond donors (Lipinski definition) is 5. The summed E-state index contributed by atoms with van der Waals surface area (Å²) in [4.78, 5) is 0. The quantitative estimate of drug-likeness (QED) is 0.552. The van der Waals surface area contributed by atoms with Crippen LogP contribution in [0.5, 0.6) is 11.5 Å². The van der Waals surface area contributed by atoms with Crippen LogP contribution >= 0.6 is 0 Å². The van der Waals surface area contributed by atoms with Crippen molar-refractivity contribution < 1.29 is 35.0 Å². The smallest absolute Gasteiger partial charge is 0.160 e. The molecule has 0 spiro atoms. The predicted molar refractivity (Wildman–Crippen MR) is 79.2 cm³/mol. The molecular weight excluding hydrogens is 304 g/mol. The van der Waals surface area contributed by atoms with E-state index in [1.54, 1.807) is 6.07 Å². The van der Waals surface area contributed by atoms with Crippen LogP contribution in [0.15, 0.2) is 41.9 Å². The summed E-state index contributed by atoms with van der Waals surface area (Å²) >= 11 is 0. The third-order valence-corrected chi connectivity index (χ3v) is 4.19. The number of phenols is 1. The number of phenolic OH excluding ortho intramolecular Hbond substituents is 1. The molecule has 5 atom stereocenters. The predicted octanol–water partition coefficient (Wildman–Crippen LogP) is 1.08. The van der Waals surface area contributed by atoms with Gasteiger partial charge in [0.1, 0.15) is 23.7 Å². The summed E-state index contributed by atoms with van der Waals surface area (Å²) in [7, 11) is 1.40. The second kappa shape index (κ2) is 5.77. The van der Waals surface area contributed by atoms with Crippen molar-refractivity contribution in [2.75, 3.05) is 7.11 Å². The third kappa shape index (κ3) is 2.63. The van der Waals surface area contributed by atoms with E-state index in [9.17, 15) is 25.5 Å². The number of aliphatic hydroxyl groups is 4. The Morgan fingerprint density at radius 3 is 2.52 bits per heavy atom. The number of aliphatic hydroxyl groups excluding tert-OH is 4. The van der Waals surface area contributed by atoms with Gasteiger partial charge in [-0.1, -0.05) is 6.07 Å². The second-order valence-corrected chi connectivity index (χ2v) is 5.62. The number of benzene rings is 1. The van der Waals surface area contributed by atoms with E-state index in [1.165, 1.54) is 25.3 Å². The maximum Gasteiger partial charge on any atom is 0.160 e. The Kier molecular flexibility index (Phi) is 3.93. The first-order valence-electron chi connectivity index (χ1n) is 7.12. The zero-order valence-corrected chi connectivity index (χ0v) is 12.3. The first-order chi connectivity index (χ1) is 10.9. The average Bonchev–Trinajstić information content (AvgIpc) is 2.50. The van der Waals surface area contributed by atoms with Crippen LogP contribution in [0, 0.1) is 5.92 Å². The van der Waals surface area contributed by atoms with Crippen LogP contribution in [0.1, 0.15) is 11.7 Å². The fourth-order valence-corrected chi connectivity index (χ4v) is 3.02. The highest BCUT2D eigenvalue weighted by Crippen LogP contribution is 2.41. The largest absolute Gasteiger partial charge is 0.512 e. The Morgan fingerprint density at radius 2 is 1.83 bits per heavy atom. The number of fused-ring (bicyclic) bond motifs is 1. The lowest BCUT2D eigenvalue weighted by molar-refractivity contribution is -0.188. The molecular formula is C16H18O7. The van der Waals surface area contributed by atoms with E-state index in [1.807, 2.05) is 0 Å². The lowest BCUT2D eigenvalue weighted by Crippen LogP contribution is -2.51. The highest BCUT2D eigenvalue weighted by molar-refractivity contribution is 5.43. The molecule has 1 aliphatic carbocycles. The van der Waals surface area contributed by atoms with Crippen molar-refractivity contribution in [3.05, 3.63) is 47.4 Å². The van der Waals surface area contributed by atoms with Gasteiger partial charge in [0.05, 0.1) is 25.2 Å². The van der Waals surface area contributed by atoms with Gasteiger partial charge < -0.3 is 35.0 Å². The number of aromatic hydroxyl groups is 1. The number of allylic oxidation sites excluding steroid dienone is 1. The summed E-state index contributed by atoms with van der Waals surface area (Å²) in [5.74, 6) is -1.12. The summed E-state index contributed by atoms with van der Waals surface area (Å²) < 4.78 is 10.8. The molecule has 3 rings (SSSR count). The van der Waals surface area contributed by atoms with Gasteiger partial charge in [-0.3, -0.25) is 0 Å². The second-order valence-electron chi connectivity index (χ2n) is 5.62. The van der Waals surface area contributed by atoms with Crippen LogP contribution in [-0.2, 0) is 4.74 Å². The molecule has 23 heavy (non-hydrogen) atoms. The molecule has 1 saturated heterocycles. The van der Waals surface area contributed by atoms with Crippen molar-refractivity contribution in [3.8, 4) is 11.5 Å². The molecule has 0 amide bonds. The number of hydrogen-bond acceptors (Lipinski definition) is 7. The molecule has 5 unspecified atom stereocenters. The van der Waals surface area contributed by atoms with E-state index in [4.69, 9.17) is 9.47 Å². The van der Waals surface area contributed by atoms with Crippen LogP contribution in [0.25, 0.3) is 0 Å². The minimum atomic E-state index is -1.30. The first-order valence-corrected chi connectivity index (χ1v) is 7.12. The fourth-order valence-electron chi connectivity index (χ4n) is 3.02. The van der Waals surface area contributed by atoms with Gasteiger partial charge in [0.25, 0.3) is 0 Å². The molecule has 0 bridgehead atoms. The molecule has 2 aliphatic rings. The molecule has 124 valence electrons. The summed E-state index contributed by atoms with van der Waals surface area (Å²) in [5.41, 5.74) is 0.492. The van der Waals surface area contributed by atoms with E-state index in [0.29, 0.717) is 5.56 Å². The van der Waals surface area contributed by atoms with Crippen molar-refractivity contribution in [3.63, 3.8) is 0 Å². The first kappa shape index (κ1) is 15.7. The molecule has 0 radical (unpaired) electrons. The lowest BCUT2D eigenvalue weighted by atomic mass is 9.81. The van der Waals surface area contributed by atoms with E-state index < -0.39 is 30.3 Å². The van der Waals surface area contributed by atoms with Crippen LogP contribution in [0.3, 0.4) is 0 Å². The summed E-state index contributed by atoms with van der Waals surface area (Å²) in [6, 6.07) is 4.44. The molecule has 1 aromatic rings. The maximum atomic E-state index is 10.3. The van der Waals surface area contributed by atoms with Crippen LogP contribution in [0.4, 0.5) is 0 Å². The monoisotopic (exact) mass is 322 g/mol. The molecule has 1 aliphatic heterocycles. The Bertz CT molecular complexity index is 666. The number of methoxy groups -OCH3 is 1. The third-order valence-electron chi connectivity index (χ3n) is 4.19. The van der Waals surface area contributed by atoms with Gasteiger partial charge in [-0.05, 0) is 23.8 Å². The van der Waals surface area contributed by atoms with E-state index >= 15 is 0 Å². The molecule has 1 aromatic carbocycles. The van der Waals surface area contributed by atoms with Gasteiger partial charge in [0.2, 0.25) is 0 Å². The number of ether oxygens (including phenoxy) is 2. The van der Waals surface area contributed by atoms with E-state index in [0.717, 1.165) is 6.08 Å². The summed E-state index contributed by atoms with van der Waals surface area (Å²) in [5, 5.41) is 49.8. The Labute approximate surface area is 132 Å². The summed E-state index contributed by atoms with van der Waals surface area (Å²) in [6.07, 6.45) is -1.79. The lowest BCUT2D eigenvalue weighted by Gasteiger charge is -2.43. The standard InChI is InChI=1S/C16H18O7/c1-22-11-4-7(2-3-9(11)18)16-15(21)14(20)13-10(19)5-8(17)6-12(13)23-16/h2-6,12-21H,1H3. The normalized spacial score (nSPS) is 33.4. The topological polar surface area (TPSA) is 120 Å². The minimum absolute atomic E-state index is 0.0595. The Balaban J connectivity index is 1.94. The molecule has 7 nitrogen and oxygen atoms in total. The highest BCUT2D eigenvalue weighted by Gasteiger charge is 2.47. The van der Waals surface area contributed by atoms with Crippen molar-refractivity contribution in [1.29, 1.82) is 0 Å². The molecule has 1 heterocycles. The Morgan fingerprint density at radius 1 is 1.09 bits per heavy atom. The Hall–Kier alpha value is -2.22. The minimum Gasteiger partial charge on any atom is -0.512 e. The number of rotatable bonds is 2.